The van der Waals surface area contributed by atoms with Crippen LogP contribution in [0.25, 0.3) is 0 Å². The molecule has 0 radical (unpaired) electrons. The van der Waals surface area contributed by atoms with E-state index < -0.39 is 0 Å². The summed E-state index contributed by atoms with van der Waals surface area (Å²) in [7, 11) is 0. The van der Waals surface area contributed by atoms with E-state index in [1.54, 1.807) is 0 Å². The molecule has 0 spiro atoms. The molecular weight excluding hydrogens is 360 g/mol. The lowest BCUT2D eigenvalue weighted by atomic mass is 9.92. The first kappa shape index (κ1) is 21.1. The molecule has 2 aromatic carbocycles. The van der Waals surface area contributed by atoms with Crippen LogP contribution in [0.1, 0.15) is 54.1 Å². The van der Waals surface area contributed by atoms with Crippen LogP contribution in [0.4, 0.5) is 0 Å². The highest BCUT2D eigenvalue weighted by Gasteiger charge is 2.25. The van der Waals surface area contributed by atoms with Crippen molar-refractivity contribution < 1.29 is 9.59 Å². The summed E-state index contributed by atoms with van der Waals surface area (Å²) in [6.45, 7) is 5.56. The molecule has 3 rings (SSSR count). The van der Waals surface area contributed by atoms with E-state index in [2.05, 4.69) is 36.5 Å². The molecule has 0 aliphatic carbocycles. The van der Waals surface area contributed by atoms with Crippen molar-refractivity contribution in [2.75, 3.05) is 13.1 Å². The third-order valence-electron chi connectivity index (χ3n) is 5.79. The van der Waals surface area contributed by atoms with Gasteiger partial charge in [0, 0.05) is 31.1 Å². The van der Waals surface area contributed by atoms with Crippen LogP contribution in [0.3, 0.4) is 0 Å². The van der Waals surface area contributed by atoms with E-state index in [0.29, 0.717) is 12.3 Å². The van der Waals surface area contributed by atoms with Gasteiger partial charge in [-0.1, -0.05) is 48.0 Å². The number of likely N-dealkylation sites (tertiary alicyclic amines) is 1. The standard InChI is InChI=1S/C25H32N2O2/c1-19-8-12-23(13-9-19)25(29)27-16-14-22(15-17-27)18-24(28)26-20(2)10-11-21-6-4-3-5-7-21/h3-9,12-13,20,22H,10-11,14-18H2,1-2H3,(H,26,28)/t20-/m0/s1. The largest absolute Gasteiger partial charge is 0.354 e. The molecule has 1 N–H and O–H groups in total. The maximum absolute atomic E-state index is 12.6. The molecule has 0 bridgehead atoms. The summed E-state index contributed by atoms with van der Waals surface area (Å²) in [5, 5.41) is 3.14. The van der Waals surface area contributed by atoms with Crippen LogP contribution in [0, 0.1) is 12.8 Å². The molecule has 4 nitrogen and oxygen atoms in total. The number of carbonyl (C=O) groups is 2. The van der Waals surface area contributed by atoms with Gasteiger partial charge < -0.3 is 10.2 Å². The van der Waals surface area contributed by atoms with Gasteiger partial charge in [0.05, 0.1) is 0 Å². The predicted molar refractivity (Wildman–Crippen MR) is 117 cm³/mol. The number of nitrogens with zero attached hydrogens (tertiary/aromatic N) is 1. The zero-order valence-corrected chi connectivity index (χ0v) is 17.6. The minimum atomic E-state index is 0.0995. The second-order valence-corrected chi connectivity index (χ2v) is 8.30. The molecule has 1 aliphatic heterocycles. The van der Waals surface area contributed by atoms with Crippen LogP contribution in [0.5, 0.6) is 0 Å². The van der Waals surface area contributed by atoms with Gasteiger partial charge in [0.1, 0.15) is 0 Å². The van der Waals surface area contributed by atoms with E-state index in [1.807, 2.05) is 42.2 Å². The lowest BCUT2D eigenvalue weighted by molar-refractivity contribution is -0.122. The summed E-state index contributed by atoms with van der Waals surface area (Å²) in [5.74, 6) is 0.592. The Morgan fingerprint density at radius 2 is 1.69 bits per heavy atom. The quantitative estimate of drug-likeness (QED) is 0.760. The fourth-order valence-corrected chi connectivity index (χ4v) is 3.91. The van der Waals surface area contributed by atoms with E-state index in [0.717, 1.165) is 49.9 Å². The summed E-state index contributed by atoms with van der Waals surface area (Å²) in [5.41, 5.74) is 3.21. The highest BCUT2D eigenvalue weighted by molar-refractivity contribution is 5.94. The lowest BCUT2D eigenvalue weighted by Crippen LogP contribution is -2.40. The second-order valence-electron chi connectivity index (χ2n) is 8.30. The van der Waals surface area contributed by atoms with Crippen molar-refractivity contribution in [3.05, 3.63) is 71.3 Å². The Labute approximate surface area is 174 Å². The number of piperidine rings is 1. The van der Waals surface area contributed by atoms with Gasteiger partial charge >= 0.3 is 0 Å². The second kappa shape index (κ2) is 10.2. The van der Waals surface area contributed by atoms with E-state index in [4.69, 9.17) is 0 Å². The first-order valence-electron chi connectivity index (χ1n) is 10.7. The monoisotopic (exact) mass is 392 g/mol. The minimum Gasteiger partial charge on any atom is -0.354 e. The summed E-state index contributed by atoms with van der Waals surface area (Å²) < 4.78 is 0. The highest BCUT2D eigenvalue weighted by Crippen LogP contribution is 2.22. The van der Waals surface area contributed by atoms with E-state index in [9.17, 15) is 9.59 Å². The first-order chi connectivity index (χ1) is 14.0. The summed E-state index contributed by atoms with van der Waals surface area (Å²) in [6, 6.07) is 18.3. The van der Waals surface area contributed by atoms with Crippen LogP contribution >= 0.6 is 0 Å². The molecule has 2 amide bonds. The van der Waals surface area contributed by atoms with Crippen molar-refractivity contribution in [3.63, 3.8) is 0 Å². The number of aryl methyl sites for hydroxylation is 2. The van der Waals surface area contributed by atoms with Crippen LogP contribution in [-0.2, 0) is 11.2 Å². The van der Waals surface area contributed by atoms with E-state index in [-0.39, 0.29) is 17.9 Å². The van der Waals surface area contributed by atoms with Crippen LogP contribution in [0.2, 0.25) is 0 Å². The third-order valence-corrected chi connectivity index (χ3v) is 5.79. The average molecular weight is 393 g/mol. The van der Waals surface area contributed by atoms with Gasteiger partial charge in [-0.15, -0.1) is 0 Å². The predicted octanol–water partition coefficient (Wildman–Crippen LogP) is 4.37. The number of carbonyl (C=O) groups excluding carboxylic acids is 2. The smallest absolute Gasteiger partial charge is 0.253 e. The summed E-state index contributed by atoms with van der Waals surface area (Å²) >= 11 is 0. The normalized spacial score (nSPS) is 15.7. The van der Waals surface area contributed by atoms with Gasteiger partial charge in [-0.3, -0.25) is 9.59 Å². The Balaban J connectivity index is 1.38. The number of benzene rings is 2. The molecule has 154 valence electrons. The molecule has 1 saturated heterocycles. The Morgan fingerprint density at radius 3 is 2.34 bits per heavy atom. The molecule has 2 aromatic rings. The van der Waals surface area contributed by atoms with E-state index in [1.165, 1.54) is 5.56 Å². The summed E-state index contributed by atoms with van der Waals surface area (Å²) in [6.07, 6.45) is 4.26. The Morgan fingerprint density at radius 1 is 1.03 bits per heavy atom. The van der Waals surface area contributed by atoms with E-state index >= 15 is 0 Å². The van der Waals surface area contributed by atoms with Crippen molar-refractivity contribution >= 4 is 11.8 Å². The third kappa shape index (κ3) is 6.45. The fourth-order valence-electron chi connectivity index (χ4n) is 3.91. The van der Waals surface area contributed by atoms with Gasteiger partial charge in [0.2, 0.25) is 5.91 Å². The molecule has 29 heavy (non-hydrogen) atoms. The maximum atomic E-state index is 12.6. The van der Waals surface area contributed by atoms with Gasteiger partial charge in [-0.25, -0.2) is 0 Å². The van der Waals surface area contributed by atoms with Gasteiger partial charge in [0.15, 0.2) is 0 Å². The molecule has 1 heterocycles. The van der Waals surface area contributed by atoms with Crippen LogP contribution in [-0.4, -0.2) is 35.8 Å². The number of rotatable bonds is 7. The SMILES string of the molecule is Cc1ccc(C(=O)N2CCC(CC(=O)N[C@@H](C)CCc3ccccc3)CC2)cc1. The van der Waals surface area contributed by atoms with Crippen molar-refractivity contribution in [1.29, 1.82) is 0 Å². The van der Waals surface area contributed by atoms with Gasteiger partial charge in [0.25, 0.3) is 5.91 Å². The molecule has 1 fully saturated rings. The summed E-state index contributed by atoms with van der Waals surface area (Å²) in [4.78, 5) is 26.9. The molecule has 1 aliphatic rings. The lowest BCUT2D eigenvalue weighted by Gasteiger charge is -2.32. The number of nitrogens with one attached hydrogen (secondary N) is 1. The Hall–Kier alpha value is -2.62. The molecule has 4 heteroatoms. The number of hydrogen-bond acceptors (Lipinski definition) is 2. The zero-order chi connectivity index (χ0) is 20.6. The minimum absolute atomic E-state index is 0.0995. The van der Waals surface area contributed by atoms with Crippen LogP contribution in [0.15, 0.2) is 54.6 Å². The van der Waals surface area contributed by atoms with Gasteiger partial charge in [-0.2, -0.15) is 0 Å². The van der Waals surface area contributed by atoms with Crippen molar-refractivity contribution in [1.82, 2.24) is 10.2 Å². The van der Waals surface area contributed by atoms with Crippen LogP contribution < -0.4 is 5.32 Å². The molecular formula is C25H32N2O2. The molecule has 0 aromatic heterocycles. The number of hydrogen-bond donors (Lipinski definition) is 1. The van der Waals surface area contributed by atoms with Crippen molar-refractivity contribution in [3.8, 4) is 0 Å². The Bertz CT molecular complexity index is 793. The Kier molecular flexibility index (Phi) is 7.45. The first-order valence-corrected chi connectivity index (χ1v) is 10.7. The molecule has 0 saturated carbocycles. The average Bonchev–Trinajstić information content (AvgIpc) is 2.73. The molecule has 1 atom stereocenters. The van der Waals surface area contributed by atoms with Gasteiger partial charge in [-0.05, 0) is 63.1 Å². The highest BCUT2D eigenvalue weighted by atomic mass is 16.2. The topological polar surface area (TPSA) is 49.4 Å². The van der Waals surface area contributed by atoms with Crippen molar-refractivity contribution in [2.45, 2.75) is 52.0 Å². The zero-order valence-electron chi connectivity index (χ0n) is 17.6. The molecule has 0 unspecified atom stereocenters. The fraction of sp³-hybridized carbons (Fsp3) is 0.440. The van der Waals surface area contributed by atoms with Crippen molar-refractivity contribution in [2.24, 2.45) is 5.92 Å². The number of amides is 2. The maximum Gasteiger partial charge on any atom is 0.253 e.